The number of anilines is 2. The molecular weight excluding hydrogens is 427 g/mol. The number of rotatable bonds is 3. The van der Waals surface area contributed by atoms with Crippen LogP contribution >= 0.6 is 15.9 Å². The van der Waals surface area contributed by atoms with Crippen molar-refractivity contribution in [3.8, 4) is 0 Å². The van der Waals surface area contributed by atoms with Crippen LogP contribution in [-0.2, 0) is 16.2 Å². The Morgan fingerprint density at radius 2 is 1.76 bits per heavy atom. The summed E-state index contributed by atoms with van der Waals surface area (Å²) in [7, 11) is -3.98. The SMILES string of the molecule is NS(=O)(=O)c1ccc(Br)c(NC(=O)Nc2cccc(C(F)(F)F)c2)c1. The largest absolute Gasteiger partial charge is 0.416 e. The number of nitrogens with one attached hydrogen (secondary N) is 2. The van der Waals surface area contributed by atoms with Gasteiger partial charge in [-0.1, -0.05) is 6.07 Å². The molecule has 0 aliphatic carbocycles. The smallest absolute Gasteiger partial charge is 0.308 e. The zero-order chi connectivity index (χ0) is 18.8. The van der Waals surface area contributed by atoms with Crippen molar-refractivity contribution in [2.75, 3.05) is 10.6 Å². The summed E-state index contributed by atoms with van der Waals surface area (Å²) in [6.07, 6.45) is -4.54. The maximum atomic E-state index is 12.7. The predicted octanol–water partition coefficient (Wildman–Crippen LogP) is 3.76. The van der Waals surface area contributed by atoms with Crippen molar-refractivity contribution in [2.24, 2.45) is 5.14 Å². The van der Waals surface area contributed by atoms with Gasteiger partial charge in [-0.05, 0) is 52.3 Å². The molecule has 4 N–H and O–H groups in total. The highest BCUT2D eigenvalue weighted by atomic mass is 79.9. The van der Waals surface area contributed by atoms with Crippen LogP contribution in [0.25, 0.3) is 0 Å². The maximum absolute atomic E-state index is 12.7. The lowest BCUT2D eigenvalue weighted by Gasteiger charge is -2.12. The number of nitrogens with two attached hydrogens (primary N) is 1. The van der Waals surface area contributed by atoms with E-state index in [-0.39, 0.29) is 16.3 Å². The fourth-order valence-corrected chi connectivity index (χ4v) is 2.72. The van der Waals surface area contributed by atoms with E-state index in [0.29, 0.717) is 4.47 Å². The van der Waals surface area contributed by atoms with Gasteiger partial charge in [0.15, 0.2) is 0 Å². The zero-order valence-corrected chi connectivity index (χ0v) is 14.7. The maximum Gasteiger partial charge on any atom is 0.416 e. The molecule has 0 saturated heterocycles. The first-order valence-electron chi connectivity index (χ1n) is 6.54. The number of amides is 2. The Balaban J connectivity index is 2.19. The summed E-state index contributed by atoms with van der Waals surface area (Å²) in [5.41, 5.74) is -0.912. The van der Waals surface area contributed by atoms with Crippen LogP contribution in [0, 0.1) is 0 Å². The fraction of sp³-hybridized carbons (Fsp3) is 0.0714. The summed E-state index contributed by atoms with van der Waals surface area (Å²) in [4.78, 5) is 11.7. The minimum Gasteiger partial charge on any atom is -0.308 e. The monoisotopic (exact) mass is 437 g/mol. The van der Waals surface area contributed by atoms with E-state index in [9.17, 15) is 26.4 Å². The lowest BCUT2D eigenvalue weighted by atomic mass is 10.2. The van der Waals surface area contributed by atoms with Crippen molar-refractivity contribution >= 4 is 43.4 Å². The molecule has 0 fully saturated rings. The third kappa shape index (κ3) is 5.18. The molecule has 11 heteroatoms. The van der Waals surface area contributed by atoms with Crippen molar-refractivity contribution in [1.29, 1.82) is 0 Å². The molecular formula is C14H11BrF3N3O3S. The predicted molar refractivity (Wildman–Crippen MR) is 89.6 cm³/mol. The van der Waals surface area contributed by atoms with E-state index in [2.05, 4.69) is 26.6 Å². The number of primary sulfonamides is 1. The molecule has 0 unspecified atom stereocenters. The normalized spacial score (nSPS) is 11.9. The Labute approximate surface area is 149 Å². The van der Waals surface area contributed by atoms with E-state index in [4.69, 9.17) is 5.14 Å². The lowest BCUT2D eigenvalue weighted by Crippen LogP contribution is -2.20. The van der Waals surface area contributed by atoms with Crippen LogP contribution in [0.1, 0.15) is 5.56 Å². The zero-order valence-electron chi connectivity index (χ0n) is 12.3. The van der Waals surface area contributed by atoms with Crippen LogP contribution in [0.2, 0.25) is 0 Å². The topological polar surface area (TPSA) is 101 Å². The van der Waals surface area contributed by atoms with Gasteiger partial charge in [0.2, 0.25) is 10.0 Å². The van der Waals surface area contributed by atoms with Gasteiger partial charge in [-0.3, -0.25) is 0 Å². The van der Waals surface area contributed by atoms with Gasteiger partial charge < -0.3 is 10.6 Å². The number of carbonyl (C=O) groups excluding carboxylic acids is 1. The Morgan fingerprint density at radius 1 is 1.08 bits per heavy atom. The van der Waals surface area contributed by atoms with Gasteiger partial charge in [-0.2, -0.15) is 13.2 Å². The Bertz CT molecular complexity index is 917. The van der Waals surface area contributed by atoms with Gasteiger partial charge in [0.1, 0.15) is 0 Å². The first-order chi connectivity index (χ1) is 11.5. The molecule has 0 aliphatic heterocycles. The van der Waals surface area contributed by atoms with Crippen LogP contribution in [0.3, 0.4) is 0 Å². The molecule has 25 heavy (non-hydrogen) atoms. The first-order valence-corrected chi connectivity index (χ1v) is 8.88. The summed E-state index contributed by atoms with van der Waals surface area (Å²) in [6, 6.07) is 6.93. The van der Waals surface area contributed by atoms with E-state index in [1.165, 1.54) is 18.2 Å². The van der Waals surface area contributed by atoms with Crippen molar-refractivity contribution in [2.45, 2.75) is 11.1 Å². The minimum absolute atomic E-state index is 0.0777. The highest BCUT2D eigenvalue weighted by molar-refractivity contribution is 9.10. The molecule has 0 spiro atoms. The highest BCUT2D eigenvalue weighted by Gasteiger charge is 2.30. The van der Waals surface area contributed by atoms with E-state index in [0.717, 1.165) is 24.3 Å². The number of carbonyl (C=O) groups is 1. The van der Waals surface area contributed by atoms with Gasteiger partial charge >= 0.3 is 12.2 Å². The second-order valence-corrected chi connectivity index (χ2v) is 7.26. The van der Waals surface area contributed by atoms with Crippen molar-refractivity contribution < 1.29 is 26.4 Å². The first kappa shape index (κ1) is 19.2. The quantitative estimate of drug-likeness (QED) is 0.680. The molecule has 0 aromatic heterocycles. The molecule has 2 aromatic carbocycles. The van der Waals surface area contributed by atoms with Crippen LogP contribution in [0.15, 0.2) is 51.8 Å². The average Bonchev–Trinajstić information content (AvgIpc) is 2.47. The van der Waals surface area contributed by atoms with Crippen molar-refractivity contribution in [3.63, 3.8) is 0 Å². The van der Waals surface area contributed by atoms with Gasteiger partial charge in [-0.25, -0.2) is 18.4 Å². The van der Waals surface area contributed by atoms with Gasteiger partial charge in [0.05, 0.1) is 16.1 Å². The van der Waals surface area contributed by atoms with E-state index in [1.54, 1.807) is 0 Å². The lowest BCUT2D eigenvalue weighted by molar-refractivity contribution is -0.137. The second kappa shape index (κ2) is 7.02. The molecule has 0 saturated carbocycles. The minimum atomic E-state index is -4.54. The number of urea groups is 1. The van der Waals surface area contributed by atoms with E-state index in [1.807, 2.05) is 0 Å². The molecule has 2 aromatic rings. The summed E-state index contributed by atoms with van der Waals surface area (Å²) in [5, 5.41) is 9.58. The molecule has 0 heterocycles. The molecule has 0 radical (unpaired) electrons. The molecule has 2 rings (SSSR count). The Hall–Kier alpha value is -2.11. The molecule has 2 amide bonds. The standard InChI is InChI=1S/C14H11BrF3N3O3S/c15-11-5-4-10(25(19,23)24)7-12(11)21-13(22)20-9-3-1-2-8(6-9)14(16,17)18/h1-7H,(H2,19,23,24)(H2,20,21,22). The third-order valence-electron chi connectivity index (χ3n) is 2.96. The number of benzene rings is 2. The number of halogens is 4. The van der Waals surface area contributed by atoms with Gasteiger partial charge in [-0.15, -0.1) is 0 Å². The number of alkyl halides is 3. The third-order valence-corrected chi connectivity index (χ3v) is 4.56. The summed E-state index contributed by atoms with van der Waals surface area (Å²) in [6.45, 7) is 0. The number of hydrogen-bond donors (Lipinski definition) is 3. The molecule has 0 atom stereocenters. The van der Waals surface area contributed by atoms with Crippen LogP contribution in [0.5, 0.6) is 0 Å². The second-order valence-electron chi connectivity index (χ2n) is 4.84. The average molecular weight is 438 g/mol. The Morgan fingerprint density at radius 3 is 2.36 bits per heavy atom. The fourth-order valence-electron chi connectivity index (χ4n) is 1.84. The molecule has 134 valence electrons. The van der Waals surface area contributed by atoms with Crippen molar-refractivity contribution in [3.05, 3.63) is 52.5 Å². The van der Waals surface area contributed by atoms with Crippen LogP contribution < -0.4 is 15.8 Å². The summed E-state index contributed by atoms with van der Waals surface area (Å²) >= 11 is 3.12. The van der Waals surface area contributed by atoms with Crippen LogP contribution in [-0.4, -0.2) is 14.4 Å². The highest BCUT2D eigenvalue weighted by Crippen LogP contribution is 2.31. The molecule has 0 aliphatic rings. The summed E-state index contributed by atoms with van der Waals surface area (Å²) < 4.78 is 61.0. The summed E-state index contributed by atoms with van der Waals surface area (Å²) in [5.74, 6) is 0. The Kier molecular flexibility index (Phi) is 5.40. The van der Waals surface area contributed by atoms with E-state index < -0.39 is 27.8 Å². The number of sulfonamides is 1. The number of hydrogen-bond acceptors (Lipinski definition) is 3. The van der Waals surface area contributed by atoms with Crippen molar-refractivity contribution in [1.82, 2.24) is 0 Å². The molecule has 0 bridgehead atoms. The van der Waals surface area contributed by atoms with Gasteiger partial charge in [0.25, 0.3) is 0 Å². The van der Waals surface area contributed by atoms with E-state index >= 15 is 0 Å². The van der Waals surface area contributed by atoms with Crippen LogP contribution in [0.4, 0.5) is 29.3 Å². The molecule has 6 nitrogen and oxygen atoms in total. The van der Waals surface area contributed by atoms with Gasteiger partial charge in [0, 0.05) is 10.2 Å².